The van der Waals surface area contributed by atoms with E-state index in [4.69, 9.17) is 24.4 Å². The quantitative estimate of drug-likeness (QED) is 0.794. The van der Waals surface area contributed by atoms with Crippen molar-refractivity contribution in [3.8, 4) is 0 Å². The highest BCUT2D eigenvalue weighted by atomic mass is 32.1. The Morgan fingerprint density at radius 3 is 1.42 bits per heavy atom. The first-order chi connectivity index (χ1) is 8.91. The Labute approximate surface area is 123 Å². The van der Waals surface area contributed by atoms with Gasteiger partial charge >= 0.3 is 0 Å². The van der Waals surface area contributed by atoms with Gasteiger partial charge < -0.3 is 18.3 Å². The second-order valence-corrected chi connectivity index (χ2v) is 5.97. The third kappa shape index (κ3) is 2.74. The van der Waals surface area contributed by atoms with E-state index in [-0.39, 0.29) is 0 Å². The van der Waals surface area contributed by atoms with Crippen molar-refractivity contribution >= 4 is 24.4 Å². The van der Waals surface area contributed by atoms with Crippen LogP contribution in [0.4, 0.5) is 0 Å². The summed E-state index contributed by atoms with van der Waals surface area (Å²) < 4.78 is 9.89. The lowest BCUT2D eigenvalue weighted by molar-refractivity contribution is 0.526. The van der Waals surface area contributed by atoms with Gasteiger partial charge in [-0.15, -0.1) is 0 Å². The van der Waals surface area contributed by atoms with Crippen molar-refractivity contribution in [1.29, 1.82) is 0 Å². The average Bonchev–Trinajstić information content (AvgIpc) is 2.85. The van der Waals surface area contributed by atoms with Gasteiger partial charge in [-0.2, -0.15) is 0 Å². The lowest BCUT2D eigenvalue weighted by atomic mass is 10.4. The van der Waals surface area contributed by atoms with E-state index in [2.05, 4.69) is 36.8 Å². The van der Waals surface area contributed by atoms with Gasteiger partial charge in [-0.1, -0.05) is 0 Å². The fraction of sp³-hybridized carbons (Fsp3) is 0.538. The van der Waals surface area contributed by atoms with Crippen molar-refractivity contribution in [1.82, 2.24) is 18.3 Å². The fourth-order valence-electron chi connectivity index (χ4n) is 2.02. The lowest BCUT2D eigenvalue weighted by Crippen LogP contribution is -2.10. The first-order valence-corrected chi connectivity index (χ1v) is 7.28. The summed E-state index contributed by atoms with van der Waals surface area (Å²) in [6.07, 6.45) is 8.07. The van der Waals surface area contributed by atoms with E-state index in [0.717, 1.165) is 9.54 Å². The fourth-order valence-corrected chi connectivity index (χ4v) is 2.80. The molecule has 0 aliphatic carbocycles. The van der Waals surface area contributed by atoms with E-state index >= 15 is 0 Å². The molecule has 0 aliphatic heterocycles. The van der Waals surface area contributed by atoms with Crippen LogP contribution >= 0.6 is 24.4 Å². The van der Waals surface area contributed by atoms with Crippen LogP contribution in [-0.2, 0) is 6.67 Å². The molecule has 0 aromatic carbocycles. The van der Waals surface area contributed by atoms with E-state index < -0.39 is 0 Å². The summed E-state index contributed by atoms with van der Waals surface area (Å²) in [5, 5.41) is 0. The maximum Gasteiger partial charge on any atom is 0.181 e. The van der Waals surface area contributed by atoms with Gasteiger partial charge in [0.2, 0.25) is 0 Å². The largest absolute Gasteiger partial charge is 0.321 e. The molecule has 2 heterocycles. The molecule has 0 saturated heterocycles. The second-order valence-electron chi connectivity index (χ2n) is 5.24. The number of rotatable bonds is 4. The highest BCUT2D eigenvalue weighted by molar-refractivity contribution is 7.71. The Morgan fingerprint density at radius 1 is 0.789 bits per heavy atom. The summed E-state index contributed by atoms with van der Waals surface area (Å²) in [5.74, 6) is 0. The molecule has 2 aromatic rings. The van der Waals surface area contributed by atoms with Gasteiger partial charge in [0.15, 0.2) is 9.54 Å². The predicted molar refractivity (Wildman–Crippen MR) is 82.7 cm³/mol. The highest BCUT2D eigenvalue weighted by Crippen LogP contribution is 2.10. The summed E-state index contributed by atoms with van der Waals surface area (Å²) in [6.45, 7) is 9.17. The monoisotopic (exact) mass is 296 g/mol. The first-order valence-electron chi connectivity index (χ1n) is 6.46. The normalized spacial score (nSPS) is 11.7. The minimum Gasteiger partial charge on any atom is -0.321 e. The molecule has 0 saturated carbocycles. The van der Waals surface area contributed by atoms with Crippen molar-refractivity contribution in [3.05, 3.63) is 34.3 Å². The van der Waals surface area contributed by atoms with E-state index in [0.29, 0.717) is 18.8 Å². The van der Waals surface area contributed by atoms with Crippen LogP contribution in [0.5, 0.6) is 0 Å². The molecule has 0 amide bonds. The summed E-state index contributed by atoms with van der Waals surface area (Å²) in [7, 11) is 0. The lowest BCUT2D eigenvalue weighted by Gasteiger charge is -2.09. The third-order valence-corrected chi connectivity index (χ3v) is 4.06. The summed E-state index contributed by atoms with van der Waals surface area (Å²) >= 11 is 10.9. The zero-order valence-electron chi connectivity index (χ0n) is 11.8. The molecule has 104 valence electrons. The second kappa shape index (κ2) is 5.46. The number of imidazole rings is 2. The predicted octanol–water partition coefficient (Wildman–Crippen LogP) is 4.02. The molecule has 0 spiro atoms. The van der Waals surface area contributed by atoms with Crippen LogP contribution in [0.3, 0.4) is 0 Å². The molecule has 0 atom stereocenters. The summed E-state index contributed by atoms with van der Waals surface area (Å²) in [5.41, 5.74) is 0. The van der Waals surface area contributed by atoms with E-state index in [1.54, 1.807) is 0 Å². The van der Waals surface area contributed by atoms with E-state index in [1.165, 1.54) is 0 Å². The van der Waals surface area contributed by atoms with Crippen LogP contribution in [0.15, 0.2) is 24.8 Å². The molecule has 6 heteroatoms. The molecule has 2 aromatic heterocycles. The van der Waals surface area contributed by atoms with Gasteiger partial charge in [0.05, 0.1) is 0 Å². The van der Waals surface area contributed by atoms with E-state index in [9.17, 15) is 0 Å². The van der Waals surface area contributed by atoms with E-state index in [1.807, 2.05) is 33.9 Å². The van der Waals surface area contributed by atoms with Crippen molar-refractivity contribution < 1.29 is 0 Å². The topological polar surface area (TPSA) is 19.7 Å². The Balaban J connectivity index is 2.32. The molecule has 2 rings (SSSR count). The van der Waals surface area contributed by atoms with Gasteiger partial charge in [0.25, 0.3) is 0 Å². The Hall–Kier alpha value is -1.14. The first kappa shape index (κ1) is 14.3. The van der Waals surface area contributed by atoms with Crippen molar-refractivity contribution in [3.63, 3.8) is 0 Å². The van der Waals surface area contributed by atoms with Crippen molar-refractivity contribution in [2.45, 2.75) is 46.4 Å². The molecule has 4 nitrogen and oxygen atoms in total. The van der Waals surface area contributed by atoms with Crippen LogP contribution in [-0.4, -0.2) is 18.3 Å². The summed E-state index contributed by atoms with van der Waals surface area (Å²) in [4.78, 5) is 0. The Bertz CT molecular complexity index is 611. The van der Waals surface area contributed by atoms with Crippen LogP contribution in [0.25, 0.3) is 0 Å². The van der Waals surface area contributed by atoms with Crippen LogP contribution in [0.1, 0.15) is 39.8 Å². The molecule has 0 aliphatic rings. The van der Waals surface area contributed by atoms with Crippen molar-refractivity contribution in [2.24, 2.45) is 0 Å². The minimum atomic E-state index is 0.377. The molecule has 0 N–H and O–H groups in total. The number of hydrogen-bond donors (Lipinski definition) is 0. The zero-order valence-corrected chi connectivity index (χ0v) is 13.4. The van der Waals surface area contributed by atoms with Gasteiger partial charge in [-0.05, 0) is 52.1 Å². The molecule has 19 heavy (non-hydrogen) atoms. The maximum absolute atomic E-state index is 5.47. The maximum atomic E-state index is 5.47. The van der Waals surface area contributed by atoms with Gasteiger partial charge in [-0.3, -0.25) is 0 Å². The molecule has 0 bridgehead atoms. The van der Waals surface area contributed by atoms with Gasteiger partial charge in [-0.25, -0.2) is 0 Å². The number of nitrogens with zero attached hydrogens (tertiary/aromatic N) is 4. The van der Waals surface area contributed by atoms with Crippen LogP contribution < -0.4 is 0 Å². The third-order valence-electron chi connectivity index (χ3n) is 3.16. The molecular formula is C13H20N4S2. The molecule has 0 fully saturated rings. The van der Waals surface area contributed by atoms with Gasteiger partial charge in [0, 0.05) is 36.9 Å². The number of aromatic nitrogens is 4. The highest BCUT2D eigenvalue weighted by Gasteiger charge is 2.06. The standard InChI is InChI=1S/C13H20N4S2/c1-10(2)16-7-5-14(12(16)18)9-15-6-8-17(11(3)4)13(15)19/h5-8,10-11H,9H2,1-4H3. The average molecular weight is 296 g/mol. The summed E-state index contributed by atoms with van der Waals surface area (Å²) in [6, 6.07) is 0.754. The Kier molecular flexibility index (Phi) is 4.10. The Morgan fingerprint density at radius 2 is 1.16 bits per heavy atom. The number of hydrogen-bond acceptors (Lipinski definition) is 2. The van der Waals surface area contributed by atoms with Crippen LogP contribution in [0, 0.1) is 9.54 Å². The van der Waals surface area contributed by atoms with Crippen molar-refractivity contribution in [2.75, 3.05) is 0 Å². The minimum absolute atomic E-state index is 0.377. The van der Waals surface area contributed by atoms with Crippen LogP contribution in [0.2, 0.25) is 0 Å². The zero-order chi connectivity index (χ0) is 14.2. The molecule has 0 radical (unpaired) electrons. The molecule has 0 unspecified atom stereocenters. The van der Waals surface area contributed by atoms with Gasteiger partial charge in [0.1, 0.15) is 6.67 Å². The SMILES string of the molecule is CC(C)n1ccn(Cn2ccn(C(C)C)c2=S)c1=S. The molecular weight excluding hydrogens is 276 g/mol. The smallest absolute Gasteiger partial charge is 0.181 e.